The average Bonchev–Trinajstić information content (AvgIpc) is 2.84. The summed E-state index contributed by atoms with van der Waals surface area (Å²) >= 11 is 5.88. The van der Waals surface area contributed by atoms with Gasteiger partial charge in [0.15, 0.2) is 0 Å². The molecule has 5 heteroatoms. The lowest BCUT2D eigenvalue weighted by Crippen LogP contribution is -2.32. The number of hydrogen-bond acceptors (Lipinski definition) is 2. The Morgan fingerprint density at radius 2 is 2.04 bits per heavy atom. The van der Waals surface area contributed by atoms with Gasteiger partial charge in [0.25, 0.3) is 0 Å². The van der Waals surface area contributed by atoms with Gasteiger partial charge in [-0.05, 0) is 60.7 Å². The van der Waals surface area contributed by atoms with Crippen molar-refractivity contribution in [3.05, 3.63) is 58.1 Å². The molecule has 4 nitrogen and oxygen atoms in total. The van der Waals surface area contributed by atoms with Crippen LogP contribution in [0.5, 0.6) is 0 Å². The molecule has 0 saturated heterocycles. The first kappa shape index (κ1) is 16.2. The summed E-state index contributed by atoms with van der Waals surface area (Å²) < 4.78 is 0. The molecular weight excluding hydrogens is 336 g/mol. The molecule has 128 valence electrons. The van der Waals surface area contributed by atoms with Crippen molar-refractivity contribution < 1.29 is 9.59 Å². The smallest absolute Gasteiger partial charge is 0.234 e. The van der Waals surface area contributed by atoms with Crippen LogP contribution >= 0.6 is 11.6 Å². The summed E-state index contributed by atoms with van der Waals surface area (Å²) in [7, 11) is 0. The number of halogens is 1. The highest BCUT2D eigenvalue weighted by atomic mass is 35.5. The molecule has 2 aliphatic heterocycles. The van der Waals surface area contributed by atoms with Crippen molar-refractivity contribution >= 4 is 34.8 Å². The van der Waals surface area contributed by atoms with Gasteiger partial charge in [0, 0.05) is 17.3 Å². The van der Waals surface area contributed by atoms with Gasteiger partial charge in [0.1, 0.15) is 0 Å². The molecule has 0 unspecified atom stereocenters. The van der Waals surface area contributed by atoms with E-state index in [9.17, 15) is 9.59 Å². The average molecular weight is 355 g/mol. The first-order valence-corrected chi connectivity index (χ1v) is 8.93. The molecule has 0 bridgehead atoms. The van der Waals surface area contributed by atoms with Crippen molar-refractivity contribution in [2.75, 3.05) is 16.8 Å². The van der Waals surface area contributed by atoms with Crippen LogP contribution in [0.15, 0.2) is 36.4 Å². The molecule has 2 aliphatic rings. The molecule has 4 rings (SSSR count). The number of aryl methyl sites for hydroxylation is 1. The largest absolute Gasteiger partial charge is 0.326 e. The Hall–Kier alpha value is -2.33. The third-order valence-corrected chi connectivity index (χ3v) is 5.23. The van der Waals surface area contributed by atoms with Gasteiger partial charge in [-0.2, -0.15) is 0 Å². The van der Waals surface area contributed by atoms with Gasteiger partial charge < -0.3 is 10.2 Å². The fraction of sp³-hybridized carbons (Fsp3) is 0.300. The lowest BCUT2D eigenvalue weighted by molar-refractivity contribution is -0.119. The van der Waals surface area contributed by atoms with Gasteiger partial charge in [-0.3, -0.25) is 9.59 Å². The molecule has 2 aromatic carbocycles. The Labute approximate surface area is 151 Å². The number of hydrogen-bond donors (Lipinski definition) is 1. The number of anilines is 2. The molecule has 2 aromatic rings. The van der Waals surface area contributed by atoms with Crippen molar-refractivity contribution in [1.82, 2.24) is 0 Å². The van der Waals surface area contributed by atoms with Crippen LogP contribution in [0, 0.1) is 0 Å². The highest BCUT2D eigenvalue weighted by Gasteiger charge is 2.37. The Balaban J connectivity index is 1.57. The highest BCUT2D eigenvalue weighted by molar-refractivity contribution is 6.30. The zero-order valence-corrected chi connectivity index (χ0v) is 14.8. The van der Waals surface area contributed by atoms with Gasteiger partial charge in [-0.1, -0.05) is 23.7 Å². The Morgan fingerprint density at radius 1 is 1.28 bits per heavy atom. The number of carbonyl (C=O) groups excluding carboxylic acids is 2. The SMILES string of the molecule is C[C@H]1C(=O)N2CCCc3cc(NC(=O)Cc4ccc(Cl)cc4)cc1c32. The van der Waals surface area contributed by atoms with Crippen LogP contribution in [-0.2, 0) is 22.4 Å². The summed E-state index contributed by atoms with van der Waals surface area (Å²) in [4.78, 5) is 26.7. The molecule has 25 heavy (non-hydrogen) atoms. The number of amides is 2. The van der Waals surface area contributed by atoms with Crippen molar-refractivity contribution in [1.29, 1.82) is 0 Å². The molecule has 0 fully saturated rings. The molecule has 0 saturated carbocycles. The number of carbonyl (C=O) groups is 2. The second-order valence-electron chi connectivity index (χ2n) is 6.74. The number of rotatable bonds is 3. The maximum absolute atomic E-state index is 12.4. The fourth-order valence-corrected chi connectivity index (χ4v) is 3.89. The number of nitrogens with zero attached hydrogens (tertiary/aromatic N) is 1. The molecule has 0 spiro atoms. The minimum absolute atomic E-state index is 0.0703. The maximum atomic E-state index is 12.4. The Bertz CT molecular complexity index is 861. The molecule has 1 N–H and O–H groups in total. The standard InChI is InChI=1S/C20H19ClN2O2/c1-12-17-11-16(10-14-3-2-8-23(19(14)17)20(12)25)22-18(24)9-13-4-6-15(21)7-5-13/h4-7,10-12H,2-3,8-9H2,1H3,(H,22,24)/t12-/m1/s1. The van der Waals surface area contributed by atoms with E-state index in [1.165, 1.54) is 0 Å². The van der Waals surface area contributed by atoms with E-state index < -0.39 is 0 Å². The predicted molar refractivity (Wildman–Crippen MR) is 99.3 cm³/mol. The Morgan fingerprint density at radius 3 is 2.80 bits per heavy atom. The van der Waals surface area contributed by atoms with Gasteiger partial charge >= 0.3 is 0 Å². The summed E-state index contributed by atoms with van der Waals surface area (Å²) in [5, 5.41) is 3.64. The van der Waals surface area contributed by atoms with Crippen LogP contribution in [0.2, 0.25) is 5.02 Å². The summed E-state index contributed by atoms with van der Waals surface area (Å²) in [6.45, 7) is 2.74. The van der Waals surface area contributed by atoms with Crippen LogP contribution in [-0.4, -0.2) is 18.4 Å². The van der Waals surface area contributed by atoms with Gasteiger partial charge in [-0.15, -0.1) is 0 Å². The van der Waals surface area contributed by atoms with Gasteiger partial charge in [0.2, 0.25) is 11.8 Å². The molecular formula is C20H19ClN2O2. The van der Waals surface area contributed by atoms with E-state index in [2.05, 4.69) is 5.32 Å². The third kappa shape index (κ3) is 2.91. The van der Waals surface area contributed by atoms with Crippen LogP contribution in [0.25, 0.3) is 0 Å². The third-order valence-electron chi connectivity index (χ3n) is 4.98. The normalized spacial score (nSPS) is 18.2. The zero-order valence-electron chi connectivity index (χ0n) is 14.0. The Kier molecular flexibility index (Phi) is 4.00. The van der Waals surface area contributed by atoms with E-state index >= 15 is 0 Å². The summed E-state index contributed by atoms with van der Waals surface area (Å²) in [6.07, 6.45) is 2.21. The first-order valence-electron chi connectivity index (χ1n) is 8.55. The minimum Gasteiger partial charge on any atom is -0.326 e. The second-order valence-corrected chi connectivity index (χ2v) is 7.18. The first-order chi connectivity index (χ1) is 12.0. The van der Waals surface area contributed by atoms with E-state index in [1.807, 2.05) is 36.1 Å². The summed E-state index contributed by atoms with van der Waals surface area (Å²) in [6, 6.07) is 11.2. The van der Waals surface area contributed by atoms with Crippen molar-refractivity contribution in [2.45, 2.75) is 32.1 Å². The van der Waals surface area contributed by atoms with Crippen LogP contribution < -0.4 is 10.2 Å². The van der Waals surface area contributed by atoms with E-state index in [0.717, 1.165) is 47.5 Å². The molecule has 1 atom stereocenters. The van der Waals surface area contributed by atoms with Crippen molar-refractivity contribution in [2.24, 2.45) is 0 Å². The monoisotopic (exact) mass is 354 g/mol. The fourth-order valence-electron chi connectivity index (χ4n) is 3.76. The molecule has 2 heterocycles. The molecule has 0 radical (unpaired) electrons. The highest BCUT2D eigenvalue weighted by Crippen LogP contribution is 2.44. The number of nitrogens with one attached hydrogen (secondary N) is 1. The van der Waals surface area contributed by atoms with Crippen molar-refractivity contribution in [3.8, 4) is 0 Å². The van der Waals surface area contributed by atoms with Crippen LogP contribution in [0.4, 0.5) is 11.4 Å². The maximum Gasteiger partial charge on any atom is 0.234 e. The van der Waals surface area contributed by atoms with E-state index in [0.29, 0.717) is 11.4 Å². The second kappa shape index (κ2) is 6.19. The molecule has 0 aromatic heterocycles. The number of benzene rings is 2. The summed E-state index contributed by atoms with van der Waals surface area (Å²) in [5.41, 5.74) is 4.95. The van der Waals surface area contributed by atoms with Crippen LogP contribution in [0.1, 0.15) is 36.0 Å². The van der Waals surface area contributed by atoms with Crippen LogP contribution in [0.3, 0.4) is 0 Å². The summed E-state index contributed by atoms with van der Waals surface area (Å²) in [5.74, 6) is -0.0420. The van der Waals surface area contributed by atoms with Crippen molar-refractivity contribution in [3.63, 3.8) is 0 Å². The quantitative estimate of drug-likeness (QED) is 0.908. The van der Waals surface area contributed by atoms with E-state index in [4.69, 9.17) is 11.6 Å². The lowest BCUT2D eigenvalue weighted by Gasteiger charge is -2.26. The molecule has 0 aliphatic carbocycles. The van der Waals surface area contributed by atoms with E-state index in [-0.39, 0.29) is 17.7 Å². The topological polar surface area (TPSA) is 49.4 Å². The van der Waals surface area contributed by atoms with Gasteiger partial charge in [0.05, 0.1) is 18.0 Å². The molecule has 2 amide bonds. The van der Waals surface area contributed by atoms with E-state index in [1.54, 1.807) is 12.1 Å². The predicted octanol–water partition coefficient (Wildman–Crippen LogP) is 3.92. The lowest BCUT2D eigenvalue weighted by atomic mass is 9.96. The minimum atomic E-state index is -0.139. The zero-order chi connectivity index (χ0) is 17.6. The van der Waals surface area contributed by atoms with Gasteiger partial charge in [-0.25, -0.2) is 0 Å².